The van der Waals surface area contributed by atoms with Crippen LogP contribution in [0.1, 0.15) is 24.2 Å². The van der Waals surface area contributed by atoms with Gasteiger partial charge in [-0.05, 0) is 30.4 Å². The average molecular weight is 319 g/mol. The van der Waals surface area contributed by atoms with Crippen LogP contribution in [0.4, 0.5) is 10.1 Å². The molecule has 0 aliphatic heterocycles. The molecule has 1 aromatic carbocycles. The van der Waals surface area contributed by atoms with Gasteiger partial charge < -0.3 is 5.11 Å². The molecule has 5 nitrogen and oxygen atoms in total. The lowest BCUT2D eigenvalue weighted by Crippen LogP contribution is -2.08. The van der Waals surface area contributed by atoms with E-state index in [1.165, 1.54) is 29.3 Å². The van der Waals surface area contributed by atoms with Gasteiger partial charge in [-0.15, -0.1) is 0 Å². The van der Waals surface area contributed by atoms with E-state index in [1.807, 2.05) is 13.8 Å². The Kier molecular flexibility index (Phi) is 10.4. The molecule has 0 bridgehead atoms. The van der Waals surface area contributed by atoms with Crippen molar-refractivity contribution >= 4 is 11.7 Å². The topological polar surface area (TPSA) is 65.3 Å². The molecule has 0 amide bonds. The van der Waals surface area contributed by atoms with Gasteiger partial charge in [-0.1, -0.05) is 43.9 Å². The van der Waals surface area contributed by atoms with Crippen molar-refractivity contribution in [1.82, 2.24) is 0 Å². The van der Waals surface area contributed by atoms with Crippen LogP contribution in [-0.4, -0.2) is 24.7 Å². The van der Waals surface area contributed by atoms with Gasteiger partial charge in [0.2, 0.25) is 0 Å². The Morgan fingerprint density at radius 3 is 2.74 bits per heavy atom. The van der Waals surface area contributed by atoms with Gasteiger partial charge in [-0.25, -0.2) is 9.18 Å². The maximum atomic E-state index is 12.7. The predicted octanol–water partition coefficient (Wildman–Crippen LogP) is 4.81. The molecule has 23 heavy (non-hydrogen) atoms. The highest BCUT2D eigenvalue weighted by Crippen LogP contribution is 2.15. The summed E-state index contributed by atoms with van der Waals surface area (Å²) in [6, 6.07) is 6.36. The van der Waals surface area contributed by atoms with Crippen LogP contribution in [0.5, 0.6) is 0 Å². The minimum atomic E-state index is -0.999. The van der Waals surface area contributed by atoms with Crippen LogP contribution in [0.25, 0.3) is 0 Å². The lowest BCUT2D eigenvalue weighted by molar-refractivity contribution is 0.0697. The van der Waals surface area contributed by atoms with Crippen LogP contribution in [0.3, 0.4) is 0 Å². The molecule has 0 unspecified atom stereocenters. The van der Waals surface area contributed by atoms with Gasteiger partial charge in [-0.2, -0.15) is 5.11 Å². The number of rotatable bonds is 7. The van der Waals surface area contributed by atoms with E-state index in [0.29, 0.717) is 5.69 Å². The molecule has 0 radical (unpaired) electrons. The fourth-order valence-corrected chi connectivity index (χ4v) is 1.36. The number of benzene rings is 1. The fraction of sp³-hybridized carbons (Fsp3) is 0.235. The third-order valence-electron chi connectivity index (χ3n) is 2.44. The quantitative estimate of drug-likeness (QED) is 0.445. The summed E-state index contributed by atoms with van der Waals surface area (Å²) in [6.45, 7) is 7.57. The molecule has 0 heterocycles. The first kappa shape index (κ1) is 20.2. The van der Waals surface area contributed by atoms with E-state index in [2.05, 4.69) is 16.9 Å². The Morgan fingerprint density at radius 2 is 2.13 bits per heavy atom. The number of halogens is 1. The molecule has 0 aliphatic rings. The zero-order valence-corrected chi connectivity index (χ0v) is 13.6. The Hall–Kier alpha value is -2.76. The number of hydrogen-bond acceptors (Lipinski definition) is 3. The highest BCUT2D eigenvalue weighted by molar-refractivity contribution is 5.88. The molecule has 1 aromatic rings. The first-order chi connectivity index (χ1) is 11.0. The van der Waals surface area contributed by atoms with Crippen molar-refractivity contribution in [3.63, 3.8) is 0 Å². The van der Waals surface area contributed by atoms with Crippen LogP contribution in [-0.2, 0) is 0 Å². The van der Waals surface area contributed by atoms with Crippen LogP contribution in [0.15, 0.2) is 71.3 Å². The van der Waals surface area contributed by atoms with Gasteiger partial charge in [0.25, 0.3) is 0 Å². The monoisotopic (exact) mass is 319 g/mol. The minimum absolute atomic E-state index is 0.180. The van der Waals surface area contributed by atoms with Crippen molar-refractivity contribution < 1.29 is 14.3 Å². The van der Waals surface area contributed by atoms with Gasteiger partial charge in [0.1, 0.15) is 5.83 Å². The molecule has 0 spiro atoms. The molecule has 6 heteroatoms. The molecule has 0 aliphatic carbocycles. The average Bonchev–Trinajstić information content (AvgIpc) is 2.59. The fourth-order valence-electron chi connectivity index (χ4n) is 1.36. The second kappa shape index (κ2) is 11.9. The van der Waals surface area contributed by atoms with Gasteiger partial charge >= 0.3 is 5.97 Å². The summed E-state index contributed by atoms with van der Waals surface area (Å²) in [5.41, 5.74) is 0.791. The van der Waals surface area contributed by atoms with Crippen molar-refractivity contribution in [2.24, 2.45) is 10.3 Å². The van der Waals surface area contributed by atoms with Crippen LogP contribution >= 0.6 is 0 Å². The Labute approximate surface area is 136 Å². The number of hydrogen-bond donors (Lipinski definition) is 1. The number of allylic oxidation sites excluding steroid dienone is 4. The van der Waals surface area contributed by atoms with Gasteiger partial charge in [0.05, 0.1) is 17.8 Å². The van der Waals surface area contributed by atoms with Gasteiger partial charge in [0.15, 0.2) is 0 Å². The van der Waals surface area contributed by atoms with Crippen LogP contribution in [0, 0.1) is 0 Å². The third kappa shape index (κ3) is 8.31. The SMILES string of the molecule is C=C/C(F)=C\C=C\CN=NN(C)c1cccc(C(=O)O)c1.CC. The minimum Gasteiger partial charge on any atom is -0.478 e. The third-order valence-corrected chi connectivity index (χ3v) is 2.44. The van der Waals surface area contributed by atoms with E-state index < -0.39 is 11.8 Å². The number of carboxylic acid groups (broad SMARTS) is 1. The standard InChI is InChI=1S/C15H16FN3O2.C2H6/c1-3-13(16)8-4-5-10-17-18-19(2)14-9-6-7-12(11-14)15(20)21;1-2/h3-9,11H,1,10H2,2H3,(H,20,21);1-2H3/b5-4+,13-8+,18-17?;. The summed E-state index contributed by atoms with van der Waals surface area (Å²) < 4.78 is 12.7. The number of carbonyl (C=O) groups is 1. The van der Waals surface area contributed by atoms with E-state index in [0.717, 1.165) is 6.08 Å². The molecule has 124 valence electrons. The summed E-state index contributed by atoms with van der Waals surface area (Å²) >= 11 is 0. The van der Waals surface area contributed by atoms with E-state index in [9.17, 15) is 9.18 Å². The van der Waals surface area contributed by atoms with Gasteiger partial charge in [-0.3, -0.25) is 5.01 Å². The molecular weight excluding hydrogens is 297 g/mol. The summed E-state index contributed by atoms with van der Waals surface area (Å²) in [6.07, 6.45) is 5.52. The van der Waals surface area contributed by atoms with Crippen molar-refractivity contribution in [2.45, 2.75) is 13.8 Å². The molecule has 0 saturated heterocycles. The normalized spacial score (nSPS) is 11.2. The maximum absolute atomic E-state index is 12.7. The zero-order chi connectivity index (χ0) is 17.7. The van der Waals surface area contributed by atoms with Crippen LogP contribution < -0.4 is 5.01 Å². The predicted molar refractivity (Wildman–Crippen MR) is 91.4 cm³/mol. The van der Waals surface area contributed by atoms with E-state index in [1.54, 1.807) is 25.3 Å². The summed E-state index contributed by atoms with van der Waals surface area (Å²) in [5.74, 6) is -1.42. The van der Waals surface area contributed by atoms with E-state index in [-0.39, 0.29) is 12.1 Å². The molecule has 1 N–H and O–H groups in total. The lowest BCUT2D eigenvalue weighted by Gasteiger charge is -2.11. The Bertz CT molecular complexity index is 595. The summed E-state index contributed by atoms with van der Waals surface area (Å²) in [5, 5.41) is 18.2. The first-order valence-corrected chi connectivity index (χ1v) is 7.14. The second-order valence-corrected chi connectivity index (χ2v) is 3.98. The molecule has 1 rings (SSSR count). The maximum Gasteiger partial charge on any atom is 0.335 e. The largest absolute Gasteiger partial charge is 0.478 e. The highest BCUT2D eigenvalue weighted by Gasteiger charge is 2.05. The Morgan fingerprint density at radius 1 is 1.43 bits per heavy atom. The van der Waals surface area contributed by atoms with E-state index in [4.69, 9.17) is 5.11 Å². The molecule has 0 saturated carbocycles. The van der Waals surface area contributed by atoms with E-state index >= 15 is 0 Å². The summed E-state index contributed by atoms with van der Waals surface area (Å²) in [7, 11) is 1.66. The molecular formula is C17H22FN3O2. The molecule has 0 fully saturated rings. The highest BCUT2D eigenvalue weighted by atomic mass is 19.1. The lowest BCUT2D eigenvalue weighted by atomic mass is 10.2. The number of carboxylic acids is 1. The van der Waals surface area contributed by atoms with Crippen LogP contribution in [0.2, 0.25) is 0 Å². The van der Waals surface area contributed by atoms with Crippen molar-refractivity contribution in [1.29, 1.82) is 0 Å². The summed E-state index contributed by atoms with van der Waals surface area (Å²) in [4.78, 5) is 10.9. The van der Waals surface area contributed by atoms with Crippen molar-refractivity contribution in [2.75, 3.05) is 18.6 Å². The molecule has 0 aromatic heterocycles. The second-order valence-electron chi connectivity index (χ2n) is 3.98. The zero-order valence-electron chi connectivity index (χ0n) is 13.6. The number of aromatic carboxylic acids is 1. The van der Waals surface area contributed by atoms with Crippen molar-refractivity contribution in [3.05, 3.63) is 66.5 Å². The van der Waals surface area contributed by atoms with Crippen molar-refractivity contribution in [3.8, 4) is 0 Å². The number of nitrogens with zero attached hydrogens (tertiary/aromatic N) is 3. The molecule has 0 atom stereocenters. The Balaban J connectivity index is 0.00000232. The van der Waals surface area contributed by atoms with Gasteiger partial charge in [0, 0.05) is 7.05 Å². The number of anilines is 1. The smallest absolute Gasteiger partial charge is 0.335 e. The first-order valence-electron chi connectivity index (χ1n) is 7.14.